The molecule has 100 valence electrons. The minimum Gasteiger partial charge on any atom is -0.337 e. The monoisotopic (exact) mass is 240 g/mol. The summed E-state index contributed by atoms with van der Waals surface area (Å²) in [5.74, 6) is 1.08. The van der Waals surface area contributed by atoms with Crippen LogP contribution in [0.1, 0.15) is 40.5 Å². The lowest BCUT2D eigenvalue weighted by atomic mass is 9.93. The van der Waals surface area contributed by atoms with E-state index in [0.717, 1.165) is 6.42 Å². The van der Waals surface area contributed by atoms with Gasteiger partial charge in [0.05, 0.1) is 0 Å². The number of rotatable bonds is 8. The smallest absolute Gasteiger partial charge is 0.223 e. The molecule has 1 amide bonds. The molecule has 0 heterocycles. The molecule has 0 saturated heterocycles. The molecule has 0 bridgehead atoms. The Hall–Kier alpha value is -0.830. The Kier molecular flexibility index (Phi) is 7.88. The molecular formula is C14H28N2O. The minimum atomic E-state index is 0.191. The first kappa shape index (κ1) is 16.2. The molecule has 0 fully saturated rings. The predicted octanol–water partition coefficient (Wildman–Crippen LogP) is 2.42. The van der Waals surface area contributed by atoms with Gasteiger partial charge < -0.3 is 10.6 Å². The maximum atomic E-state index is 12.1. The quantitative estimate of drug-likeness (QED) is 0.662. The summed E-state index contributed by atoms with van der Waals surface area (Å²) in [6, 6.07) is 0.220. The highest BCUT2D eigenvalue weighted by Crippen LogP contribution is 2.16. The fourth-order valence-electron chi connectivity index (χ4n) is 2.03. The van der Waals surface area contributed by atoms with Crippen LogP contribution in [0, 0.1) is 11.8 Å². The van der Waals surface area contributed by atoms with Crippen LogP contribution in [0.4, 0.5) is 0 Å². The van der Waals surface area contributed by atoms with E-state index in [4.69, 9.17) is 5.73 Å². The first-order chi connectivity index (χ1) is 7.92. The van der Waals surface area contributed by atoms with Crippen LogP contribution in [0.25, 0.3) is 0 Å². The lowest BCUT2D eigenvalue weighted by Crippen LogP contribution is -2.38. The van der Waals surface area contributed by atoms with Gasteiger partial charge in [-0.25, -0.2) is 0 Å². The van der Waals surface area contributed by atoms with Crippen LogP contribution in [0.15, 0.2) is 12.7 Å². The van der Waals surface area contributed by atoms with Crippen LogP contribution in [-0.4, -0.2) is 29.9 Å². The summed E-state index contributed by atoms with van der Waals surface area (Å²) in [6.45, 7) is 13.3. The average molecular weight is 240 g/mol. The second kappa shape index (κ2) is 8.29. The largest absolute Gasteiger partial charge is 0.337 e. The highest BCUT2D eigenvalue weighted by Gasteiger charge is 2.20. The van der Waals surface area contributed by atoms with E-state index in [-0.39, 0.29) is 11.9 Å². The first-order valence-corrected chi connectivity index (χ1v) is 6.52. The fraction of sp³-hybridized carbons (Fsp3) is 0.786. The predicted molar refractivity (Wildman–Crippen MR) is 73.7 cm³/mol. The maximum Gasteiger partial charge on any atom is 0.223 e. The lowest BCUT2D eigenvalue weighted by molar-refractivity contribution is -0.133. The van der Waals surface area contributed by atoms with Gasteiger partial charge in [0.15, 0.2) is 0 Å². The second-order valence-corrected chi connectivity index (χ2v) is 5.36. The summed E-state index contributed by atoms with van der Waals surface area (Å²) in [7, 11) is 0. The summed E-state index contributed by atoms with van der Waals surface area (Å²) in [5.41, 5.74) is 5.73. The van der Waals surface area contributed by atoms with Crippen molar-refractivity contribution >= 4 is 5.91 Å². The van der Waals surface area contributed by atoms with E-state index in [1.54, 1.807) is 6.08 Å². The van der Waals surface area contributed by atoms with E-state index >= 15 is 0 Å². The number of hydrogen-bond acceptors (Lipinski definition) is 2. The standard InChI is InChI=1S/C14H28N2O/c1-6-7-16(12(4)5)14(17)9-13(10-15)8-11(2)3/h6,11-13H,1,7-10,15H2,2-5H3/t13-/m0/s1. The van der Waals surface area contributed by atoms with E-state index in [1.807, 2.05) is 18.7 Å². The average Bonchev–Trinajstić information content (AvgIpc) is 2.23. The Morgan fingerprint density at radius 2 is 1.94 bits per heavy atom. The van der Waals surface area contributed by atoms with Crippen molar-refractivity contribution in [2.45, 2.75) is 46.6 Å². The van der Waals surface area contributed by atoms with Crippen LogP contribution < -0.4 is 5.73 Å². The van der Waals surface area contributed by atoms with Gasteiger partial charge in [-0.15, -0.1) is 6.58 Å². The molecule has 1 atom stereocenters. The van der Waals surface area contributed by atoms with Gasteiger partial charge in [0.2, 0.25) is 5.91 Å². The topological polar surface area (TPSA) is 46.3 Å². The molecule has 0 aromatic carbocycles. The molecule has 0 aliphatic heterocycles. The van der Waals surface area contributed by atoms with Gasteiger partial charge in [0.25, 0.3) is 0 Å². The van der Waals surface area contributed by atoms with Gasteiger partial charge >= 0.3 is 0 Å². The van der Waals surface area contributed by atoms with E-state index in [2.05, 4.69) is 20.4 Å². The molecule has 2 N–H and O–H groups in total. The minimum absolute atomic E-state index is 0.191. The van der Waals surface area contributed by atoms with Crippen molar-refractivity contribution in [3.05, 3.63) is 12.7 Å². The summed E-state index contributed by atoms with van der Waals surface area (Å²) in [6.07, 6.45) is 3.35. The molecule has 0 spiro atoms. The van der Waals surface area contributed by atoms with Crippen molar-refractivity contribution < 1.29 is 4.79 Å². The number of nitrogens with two attached hydrogens (primary N) is 1. The van der Waals surface area contributed by atoms with E-state index < -0.39 is 0 Å². The zero-order valence-electron chi connectivity index (χ0n) is 11.8. The van der Waals surface area contributed by atoms with Crippen molar-refractivity contribution in [1.29, 1.82) is 0 Å². The van der Waals surface area contributed by atoms with Gasteiger partial charge in [-0.1, -0.05) is 19.9 Å². The molecule has 0 aliphatic carbocycles. The summed E-state index contributed by atoms with van der Waals surface area (Å²) >= 11 is 0. The Morgan fingerprint density at radius 3 is 2.29 bits per heavy atom. The Labute approximate surface area is 106 Å². The van der Waals surface area contributed by atoms with Crippen LogP contribution in [0.3, 0.4) is 0 Å². The molecule has 0 rings (SSSR count). The molecule has 0 aliphatic rings. The second-order valence-electron chi connectivity index (χ2n) is 5.36. The SMILES string of the molecule is C=CCN(C(=O)C[C@@H](CN)CC(C)C)C(C)C. The van der Waals surface area contributed by atoms with Gasteiger partial charge in [-0.2, -0.15) is 0 Å². The van der Waals surface area contributed by atoms with Gasteiger partial charge in [-0.3, -0.25) is 4.79 Å². The number of amides is 1. The maximum absolute atomic E-state index is 12.1. The summed E-state index contributed by atoms with van der Waals surface area (Å²) in [4.78, 5) is 14.0. The molecule has 0 aromatic rings. The molecule has 3 nitrogen and oxygen atoms in total. The van der Waals surface area contributed by atoms with E-state index in [1.165, 1.54) is 0 Å². The Balaban J connectivity index is 4.40. The van der Waals surface area contributed by atoms with Crippen molar-refractivity contribution in [2.24, 2.45) is 17.6 Å². The van der Waals surface area contributed by atoms with Crippen LogP contribution >= 0.6 is 0 Å². The third kappa shape index (κ3) is 6.47. The molecule has 0 radical (unpaired) electrons. The van der Waals surface area contributed by atoms with Crippen LogP contribution in [-0.2, 0) is 4.79 Å². The van der Waals surface area contributed by atoms with Gasteiger partial charge in [-0.05, 0) is 38.6 Å². The zero-order valence-corrected chi connectivity index (χ0v) is 11.8. The van der Waals surface area contributed by atoms with Crippen LogP contribution in [0.5, 0.6) is 0 Å². The normalized spacial score (nSPS) is 12.9. The van der Waals surface area contributed by atoms with Crippen molar-refractivity contribution in [3.8, 4) is 0 Å². The van der Waals surface area contributed by atoms with Crippen LogP contribution in [0.2, 0.25) is 0 Å². The van der Waals surface area contributed by atoms with Crippen molar-refractivity contribution in [2.75, 3.05) is 13.1 Å². The van der Waals surface area contributed by atoms with E-state index in [0.29, 0.717) is 31.3 Å². The lowest BCUT2D eigenvalue weighted by Gasteiger charge is -2.27. The van der Waals surface area contributed by atoms with Gasteiger partial charge in [0.1, 0.15) is 0 Å². The zero-order chi connectivity index (χ0) is 13.4. The Morgan fingerprint density at radius 1 is 1.35 bits per heavy atom. The first-order valence-electron chi connectivity index (χ1n) is 6.52. The fourth-order valence-corrected chi connectivity index (χ4v) is 2.03. The van der Waals surface area contributed by atoms with E-state index in [9.17, 15) is 4.79 Å². The molecule has 17 heavy (non-hydrogen) atoms. The molecule has 0 saturated carbocycles. The number of nitrogens with zero attached hydrogens (tertiary/aromatic N) is 1. The van der Waals surface area contributed by atoms with Gasteiger partial charge in [0, 0.05) is 19.0 Å². The summed E-state index contributed by atoms with van der Waals surface area (Å²) < 4.78 is 0. The number of hydrogen-bond donors (Lipinski definition) is 1. The Bertz CT molecular complexity index is 236. The van der Waals surface area contributed by atoms with Crippen molar-refractivity contribution in [1.82, 2.24) is 4.90 Å². The molecule has 3 heteroatoms. The molecular weight excluding hydrogens is 212 g/mol. The number of carbonyl (C=O) groups excluding carboxylic acids is 1. The summed E-state index contributed by atoms with van der Waals surface area (Å²) in [5, 5.41) is 0. The third-order valence-corrected chi connectivity index (χ3v) is 2.87. The highest BCUT2D eigenvalue weighted by molar-refractivity contribution is 5.76. The third-order valence-electron chi connectivity index (χ3n) is 2.87. The molecule has 0 unspecified atom stereocenters. The highest BCUT2D eigenvalue weighted by atomic mass is 16.2. The molecule has 0 aromatic heterocycles. The van der Waals surface area contributed by atoms with Crippen molar-refractivity contribution in [3.63, 3.8) is 0 Å². The number of carbonyl (C=O) groups is 1.